The van der Waals surface area contributed by atoms with E-state index in [4.69, 9.17) is 14.2 Å². The number of esters is 1. The van der Waals surface area contributed by atoms with Gasteiger partial charge in [0.1, 0.15) is 31.2 Å². The van der Waals surface area contributed by atoms with Crippen LogP contribution in [0.4, 0.5) is 0 Å². The highest BCUT2D eigenvalue weighted by molar-refractivity contribution is 5.94. The molecule has 3 aromatic heterocycles. The number of aryl methyl sites for hydroxylation is 1. The molecule has 3 fully saturated rings. The Morgan fingerprint density at radius 1 is 0.944 bits per heavy atom. The molecule has 4 aliphatic carbocycles. The highest BCUT2D eigenvalue weighted by atomic mass is 16.5. The standard InChI is InChI=1S/C59H63N3O10/c1-70-54-29-45-44(28-53(54)68)47-24-36-31-59(30-35(22-37(59)33-64)32-62-19-17-50-51(62)16-18-60-50)48-27-38(65)12-14-43(48)57(36)46(45)26-39(66)25-40(13-10-34-11-15-52(67)55(23-34)71-21-20-63)72-56(69)9-5-3-7-42-41-6-2-4-8-49(41)61-58(42)47/h2,4,6,8,11,15-19,23-24,28-29,33,35-38,40,43,46,48,57,60-61,63,65,67-68H,7,9-10,12-14,20-22,25-27,30-32H2,1H3/t35-,36+,37-,38-,40-,43+,46-,48+,57+,59-/m1/s1. The maximum Gasteiger partial charge on any atom is 0.318 e. The third kappa shape index (κ3) is 8.76. The highest BCUT2D eigenvalue weighted by Crippen LogP contribution is 2.68. The molecule has 0 amide bonds. The number of aromatic amines is 2. The summed E-state index contributed by atoms with van der Waals surface area (Å²) in [5, 5.41) is 44.2. The van der Waals surface area contributed by atoms with Crippen molar-refractivity contribution < 1.29 is 49.0 Å². The Balaban J connectivity index is 1.05. The Bertz CT molecular complexity index is 3130. The summed E-state index contributed by atoms with van der Waals surface area (Å²) >= 11 is 0. The number of para-hydroxylation sites is 1. The number of allylic oxidation sites excluding steroid dienone is 1. The molecule has 3 saturated carbocycles. The van der Waals surface area contributed by atoms with E-state index in [-0.39, 0.29) is 96.9 Å². The lowest BCUT2D eigenvalue weighted by molar-refractivity contribution is -0.149. The van der Waals surface area contributed by atoms with Crippen molar-refractivity contribution in [2.75, 3.05) is 20.3 Å². The number of H-pyrrole nitrogens is 2. The van der Waals surface area contributed by atoms with Crippen LogP contribution in [0.2, 0.25) is 0 Å². The second kappa shape index (κ2) is 19.7. The second-order valence-corrected chi connectivity index (χ2v) is 21.2. The number of Topliss-reactive ketones (excluding diaryl/α,β-unsaturated/α-hetero) is 1. The number of methoxy groups -OCH3 is 1. The summed E-state index contributed by atoms with van der Waals surface area (Å²) in [7, 11) is 1.54. The van der Waals surface area contributed by atoms with Crippen molar-refractivity contribution in [3.05, 3.63) is 113 Å². The Labute approximate surface area is 418 Å². The molecule has 2 bridgehead atoms. The van der Waals surface area contributed by atoms with E-state index in [0.717, 1.165) is 81.3 Å². The number of aldehydes is 1. The summed E-state index contributed by atoms with van der Waals surface area (Å²) in [6.45, 7) is 0.571. The minimum atomic E-state index is -0.789. The fourth-order valence-corrected chi connectivity index (χ4v) is 14.4. The van der Waals surface area contributed by atoms with Crippen LogP contribution in [0.15, 0.2) is 85.2 Å². The summed E-state index contributed by atoms with van der Waals surface area (Å²) in [5.41, 5.74) is 7.89. The van der Waals surface area contributed by atoms with E-state index in [9.17, 15) is 30.0 Å². The largest absolute Gasteiger partial charge is 0.504 e. The summed E-state index contributed by atoms with van der Waals surface area (Å²) in [6.07, 6.45) is 11.5. The summed E-state index contributed by atoms with van der Waals surface area (Å²) < 4.78 is 19.9. The number of hydrogen-bond acceptors (Lipinski definition) is 10. The number of aromatic nitrogens is 3. The Hall–Kier alpha value is -6.75. The molecule has 6 aromatic rings. The first-order valence-electron chi connectivity index (χ1n) is 25.7. The fourth-order valence-electron chi connectivity index (χ4n) is 14.4. The van der Waals surface area contributed by atoms with Crippen LogP contribution in [0.1, 0.15) is 98.1 Å². The van der Waals surface area contributed by atoms with Crippen molar-refractivity contribution in [3.63, 3.8) is 0 Å². The topological polar surface area (TPSA) is 196 Å². The molecule has 10 atom stereocenters. The smallest absolute Gasteiger partial charge is 0.318 e. The molecule has 6 N–H and O–H groups in total. The molecule has 1 spiro atoms. The van der Waals surface area contributed by atoms with E-state index >= 15 is 4.79 Å². The molecule has 0 radical (unpaired) electrons. The van der Waals surface area contributed by atoms with Gasteiger partial charge in [-0.15, -0.1) is 0 Å². The first-order chi connectivity index (χ1) is 35.0. The normalized spacial score (nSPS) is 28.3. The molecule has 4 heterocycles. The number of carbonyl (C=O) groups is 3. The Kier molecular flexibility index (Phi) is 13.0. The van der Waals surface area contributed by atoms with Gasteiger partial charge in [-0.3, -0.25) is 9.59 Å². The summed E-state index contributed by atoms with van der Waals surface area (Å²) in [5.74, 6) is 5.66. The zero-order valence-electron chi connectivity index (χ0n) is 40.6. The van der Waals surface area contributed by atoms with Crippen molar-refractivity contribution in [3.8, 4) is 34.8 Å². The number of hydrogen-bond donors (Lipinski definition) is 6. The number of phenols is 2. The number of aromatic hydroxyl groups is 2. The molecule has 5 aliphatic rings. The molecule has 374 valence electrons. The number of benzene rings is 3. The van der Waals surface area contributed by atoms with Crippen LogP contribution < -0.4 is 9.47 Å². The third-order valence-corrected chi connectivity index (χ3v) is 17.2. The first kappa shape index (κ1) is 47.6. The van der Waals surface area contributed by atoms with Gasteiger partial charge < -0.3 is 54.0 Å². The van der Waals surface area contributed by atoms with Crippen LogP contribution in [0, 0.1) is 52.8 Å². The van der Waals surface area contributed by atoms with E-state index in [1.165, 1.54) is 19.5 Å². The van der Waals surface area contributed by atoms with Crippen LogP contribution in [0.5, 0.6) is 23.0 Å². The summed E-state index contributed by atoms with van der Waals surface area (Å²) in [4.78, 5) is 49.7. The van der Waals surface area contributed by atoms with Crippen molar-refractivity contribution in [2.24, 2.45) is 40.9 Å². The van der Waals surface area contributed by atoms with Crippen LogP contribution in [-0.4, -0.2) is 85.5 Å². The molecule has 13 heteroatoms. The average molecular weight is 974 g/mol. The lowest BCUT2D eigenvalue weighted by atomic mass is 9.46. The van der Waals surface area contributed by atoms with Gasteiger partial charge in [-0.2, -0.15) is 0 Å². The molecule has 0 unspecified atom stereocenters. The van der Waals surface area contributed by atoms with E-state index in [1.54, 1.807) is 18.2 Å². The predicted molar refractivity (Wildman–Crippen MR) is 271 cm³/mol. The number of aliphatic hydroxyl groups is 2. The van der Waals surface area contributed by atoms with E-state index in [1.807, 2.05) is 30.5 Å². The van der Waals surface area contributed by atoms with Crippen molar-refractivity contribution >= 4 is 45.5 Å². The number of rotatable bonds is 10. The van der Waals surface area contributed by atoms with Gasteiger partial charge in [-0.1, -0.05) is 42.2 Å². The maximum atomic E-state index is 15.2. The number of ether oxygens (including phenoxy) is 3. The van der Waals surface area contributed by atoms with E-state index in [0.29, 0.717) is 44.3 Å². The number of phenolic OH excluding ortho intramolecular Hbond substituents is 2. The van der Waals surface area contributed by atoms with Gasteiger partial charge in [0.15, 0.2) is 23.0 Å². The van der Waals surface area contributed by atoms with Crippen LogP contribution >= 0.6 is 0 Å². The first-order valence-corrected chi connectivity index (χ1v) is 25.7. The number of carbonyl (C=O) groups excluding carboxylic acids is 3. The minimum Gasteiger partial charge on any atom is -0.504 e. The highest BCUT2D eigenvalue weighted by Gasteiger charge is 2.62. The van der Waals surface area contributed by atoms with E-state index < -0.39 is 23.6 Å². The van der Waals surface area contributed by atoms with Gasteiger partial charge in [-0.25, -0.2) is 0 Å². The minimum absolute atomic E-state index is 0.00735. The van der Waals surface area contributed by atoms with Gasteiger partial charge in [-0.05, 0) is 157 Å². The molecule has 11 rings (SSSR count). The van der Waals surface area contributed by atoms with Crippen LogP contribution in [0.3, 0.4) is 0 Å². The lowest BCUT2D eigenvalue weighted by Gasteiger charge is -2.58. The number of nitrogens with zero attached hydrogens (tertiary/aromatic N) is 1. The van der Waals surface area contributed by atoms with Gasteiger partial charge in [0.2, 0.25) is 0 Å². The van der Waals surface area contributed by atoms with Crippen molar-refractivity contribution in [1.29, 1.82) is 0 Å². The Morgan fingerprint density at radius 2 is 1.81 bits per heavy atom. The van der Waals surface area contributed by atoms with Crippen molar-refractivity contribution in [1.82, 2.24) is 14.5 Å². The SMILES string of the molecule is COc1cc2c(cc1O)C1=C[C@H]3C[C@@]4(C[C@H](Cn5ccc6[nH]ccc65)C[C@@H]4C=O)[C@H]4C[C@H](O)CC[C@@H]4[C@H]3[C@@H]2CC(=O)C[C@@H](CCc2ccc(O)c(OCCO)c2)OC(=O)CC#CCc2c1[nH]c1ccccc21. The Morgan fingerprint density at radius 3 is 2.65 bits per heavy atom. The quantitative estimate of drug-likeness (QED) is 0.0438. The molecular weight excluding hydrogens is 911 g/mol. The van der Waals surface area contributed by atoms with Crippen LogP contribution in [-0.2, 0) is 38.5 Å². The molecule has 13 nitrogen and oxygen atoms in total. The molecule has 1 aliphatic heterocycles. The molecule has 0 saturated heterocycles. The van der Waals surface area contributed by atoms with Gasteiger partial charge in [0.05, 0.1) is 36.5 Å². The monoisotopic (exact) mass is 973 g/mol. The zero-order chi connectivity index (χ0) is 49.7. The van der Waals surface area contributed by atoms with Gasteiger partial charge in [0.25, 0.3) is 0 Å². The van der Waals surface area contributed by atoms with Crippen LogP contribution in [0.25, 0.3) is 27.5 Å². The molecular formula is C59H63N3O10. The second-order valence-electron chi connectivity index (χ2n) is 21.2. The van der Waals surface area contributed by atoms with E-state index in [2.05, 4.69) is 56.8 Å². The maximum absolute atomic E-state index is 15.2. The number of ketones is 1. The summed E-state index contributed by atoms with van der Waals surface area (Å²) in [6, 6.07) is 21.0. The van der Waals surface area contributed by atoms with Gasteiger partial charge >= 0.3 is 5.97 Å². The average Bonchev–Trinajstić information content (AvgIpc) is 4.15. The number of nitrogens with one attached hydrogen (secondary N) is 2. The fraction of sp³-hybridized carbons (Fsp3) is 0.441. The zero-order valence-corrected chi connectivity index (χ0v) is 40.6. The molecule has 72 heavy (non-hydrogen) atoms. The molecule has 3 aromatic carbocycles. The third-order valence-electron chi connectivity index (χ3n) is 17.2. The number of fused-ring (bicyclic) bond motifs is 10. The van der Waals surface area contributed by atoms with Crippen molar-refractivity contribution in [2.45, 2.75) is 102 Å². The number of aliphatic hydroxyl groups excluding tert-OH is 2. The lowest BCUT2D eigenvalue weighted by Crippen LogP contribution is -2.53. The van der Waals surface area contributed by atoms with Gasteiger partial charge in [0, 0.05) is 60.6 Å². The predicted octanol–water partition coefficient (Wildman–Crippen LogP) is 8.94. The number of cyclic esters (lactones) is 1.